The number of rotatable bonds is 7. The zero-order valence-electron chi connectivity index (χ0n) is 12.6. The van der Waals surface area contributed by atoms with Crippen LogP contribution < -0.4 is 5.73 Å². The highest BCUT2D eigenvalue weighted by Crippen LogP contribution is 2.26. The lowest BCUT2D eigenvalue weighted by molar-refractivity contribution is 0.0114. The Bertz CT molecular complexity index is 223. The van der Waals surface area contributed by atoms with Crippen LogP contribution in [0, 0.1) is 5.92 Å². The third-order valence-electron chi connectivity index (χ3n) is 4.36. The molecule has 1 aliphatic heterocycles. The summed E-state index contributed by atoms with van der Waals surface area (Å²) in [6, 6.07) is 0. The molecular formula is C15H32N2O. The summed E-state index contributed by atoms with van der Waals surface area (Å²) in [4.78, 5) is 2.57. The van der Waals surface area contributed by atoms with E-state index in [-0.39, 0.29) is 5.54 Å². The quantitative estimate of drug-likeness (QED) is 0.761. The third kappa shape index (κ3) is 4.52. The van der Waals surface area contributed by atoms with Crippen molar-refractivity contribution in [3.63, 3.8) is 0 Å². The lowest BCUT2D eigenvalue weighted by atomic mass is 9.95. The van der Waals surface area contributed by atoms with E-state index in [1.807, 2.05) is 0 Å². The standard InChI is InChI=1S/C15H32N2O/c1-4-7-14-8-6-10-17(11-9-14)15(3,12-16)13-18-5-2/h14H,4-13,16H2,1-3H3. The van der Waals surface area contributed by atoms with Gasteiger partial charge in [-0.15, -0.1) is 0 Å². The predicted molar refractivity (Wildman–Crippen MR) is 77.8 cm³/mol. The molecule has 1 fully saturated rings. The van der Waals surface area contributed by atoms with Crippen molar-refractivity contribution in [1.29, 1.82) is 0 Å². The fourth-order valence-electron chi connectivity index (χ4n) is 3.00. The van der Waals surface area contributed by atoms with Crippen molar-refractivity contribution in [3.8, 4) is 0 Å². The Morgan fingerprint density at radius 3 is 2.67 bits per heavy atom. The van der Waals surface area contributed by atoms with Gasteiger partial charge < -0.3 is 10.5 Å². The van der Waals surface area contributed by atoms with E-state index in [0.717, 1.165) is 19.1 Å². The zero-order chi connectivity index (χ0) is 13.4. The van der Waals surface area contributed by atoms with Gasteiger partial charge in [0, 0.05) is 13.2 Å². The van der Waals surface area contributed by atoms with Crippen LogP contribution in [-0.2, 0) is 4.74 Å². The Morgan fingerprint density at radius 2 is 2.06 bits per heavy atom. The van der Waals surface area contributed by atoms with Gasteiger partial charge in [-0.3, -0.25) is 4.90 Å². The van der Waals surface area contributed by atoms with E-state index in [4.69, 9.17) is 10.5 Å². The summed E-state index contributed by atoms with van der Waals surface area (Å²) >= 11 is 0. The van der Waals surface area contributed by atoms with Crippen LogP contribution in [0.4, 0.5) is 0 Å². The molecule has 0 aromatic rings. The lowest BCUT2D eigenvalue weighted by Gasteiger charge is -2.40. The Labute approximate surface area is 113 Å². The minimum absolute atomic E-state index is 0.0249. The summed E-state index contributed by atoms with van der Waals surface area (Å²) in [5.74, 6) is 0.925. The van der Waals surface area contributed by atoms with Gasteiger partial charge in [-0.2, -0.15) is 0 Å². The van der Waals surface area contributed by atoms with Crippen molar-refractivity contribution in [1.82, 2.24) is 4.90 Å². The first-order chi connectivity index (χ1) is 8.66. The van der Waals surface area contributed by atoms with E-state index in [9.17, 15) is 0 Å². The number of hydrogen-bond donors (Lipinski definition) is 1. The number of nitrogens with two attached hydrogens (primary N) is 1. The molecule has 0 aliphatic carbocycles. The van der Waals surface area contributed by atoms with Crippen molar-refractivity contribution in [2.45, 2.75) is 58.4 Å². The highest BCUT2D eigenvalue weighted by Gasteiger charge is 2.32. The second kappa shape index (κ2) is 8.13. The number of ether oxygens (including phenoxy) is 1. The molecule has 108 valence electrons. The third-order valence-corrected chi connectivity index (χ3v) is 4.36. The van der Waals surface area contributed by atoms with Crippen molar-refractivity contribution in [3.05, 3.63) is 0 Å². The monoisotopic (exact) mass is 256 g/mol. The summed E-state index contributed by atoms with van der Waals surface area (Å²) in [6.07, 6.45) is 6.73. The Hall–Kier alpha value is -0.120. The average molecular weight is 256 g/mol. The maximum absolute atomic E-state index is 6.00. The fourth-order valence-corrected chi connectivity index (χ4v) is 3.00. The van der Waals surface area contributed by atoms with Crippen LogP contribution >= 0.6 is 0 Å². The van der Waals surface area contributed by atoms with E-state index in [2.05, 4.69) is 25.7 Å². The molecule has 0 aromatic heterocycles. The van der Waals surface area contributed by atoms with Gasteiger partial charge in [-0.25, -0.2) is 0 Å². The second-order valence-corrected chi connectivity index (χ2v) is 5.91. The topological polar surface area (TPSA) is 38.5 Å². The van der Waals surface area contributed by atoms with Gasteiger partial charge in [-0.1, -0.05) is 19.8 Å². The summed E-state index contributed by atoms with van der Waals surface area (Å²) in [6.45, 7) is 11.2. The van der Waals surface area contributed by atoms with Crippen LogP contribution in [0.5, 0.6) is 0 Å². The molecule has 2 N–H and O–H groups in total. The minimum atomic E-state index is 0.0249. The number of likely N-dealkylation sites (tertiary alicyclic amines) is 1. The van der Waals surface area contributed by atoms with Crippen molar-refractivity contribution >= 4 is 0 Å². The van der Waals surface area contributed by atoms with E-state index < -0.39 is 0 Å². The molecule has 3 heteroatoms. The summed E-state index contributed by atoms with van der Waals surface area (Å²) < 4.78 is 5.64. The number of nitrogens with zero attached hydrogens (tertiary/aromatic N) is 1. The van der Waals surface area contributed by atoms with Gasteiger partial charge in [0.25, 0.3) is 0 Å². The van der Waals surface area contributed by atoms with E-state index in [0.29, 0.717) is 6.54 Å². The zero-order valence-corrected chi connectivity index (χ0v) is 12.6. The van der Waals surface area contributed by atoms with Crippen LogP contribution in [0.1, 0.15) is 52.9 Å². The lowest BCUT2D eigenvalue weighted by Crippen LogP contribution is -2.55. The molecule has 2 atom stereocenters. The smallest absolute Gasteiger partial charge is 0.0659 e. The first kappa shape index (κ1) is 15.9. The average Bonchev–Trinajstić information content (AvgIpc) is 2.62. The van der Waals surface area contributed by atoms with E-state index >= 15 is 0 Å². The van der Waals surface area contributed by atoms with Gasteiger partial charge in [0.2, 0.25) is 0 Å². The molecule has 1 saturated heterocycles. The molecular weight excluding hydrogens is 224 g/mol. The largest absolute Gasteiger partial charge is 0.380 e. The summed E-state index contributed by atoms with van der Waals surface area (Å²) in [5, 5.41) is 0. The predicted octanol–water partition coefficient (Wildman–Crippen LogP) is 2.64. The van der Waals surface area contributed by atoms with Crippen LogP contribution in [-0.4, -0.2) is 43.3 Å². The summed E-state index contributed by atoms with van der Waals surface area (Å²) in [5.41, 5.74) is 6.03. The highest BCUT2D eigenvalue weighted by atomic mass is 16.5. The first-order valence-electron chi connectivity index (χ1n) is 7.69. The second-order valence-electron chi connectivity index (χ2n) is 5.91. The van der Waals surface area contributed by atoms with E-state index in [1.165, 1.54) is 45.2 Å². The molecule has 0 saturated carbocycles. The number of hydrogen-bond acceptors (Lipinski definition) is 3. The van der Waals surface area contributed by atoms with E-state index in [1.54, 1.807) is 0 Å². The normalized spacial score (nSPS) is 25.7. The Balaban J connectivity index is 2.53. The maximum atomic E-state index is 6.00. The molecule has 1 rings (SSSR count). The molecule has 3 nitrogen and oxygen atoms in total. The molecule has 0 radical (unpaired) electrons. The van der Waals surface area contributed by atoms with Gasteiger partial charge in [0.1, 0.15) is 0 Å². The minimum Gasteiger partial charge on any atom is -0.380 e. The van der Waals surface area contributed by atoms with Crippen LogP contribution in [0.2, 0.25) is 0 Å². The molecule has 18 heavy (non-hydrogen) atoms. The molecule has 0 bridgehead atoms. The first-order valence-corrected chi connectivity index (χ1v) is 7.69. The SMILES string of the molecule is CCCC1CCCN(C(C)(CN)COCC)CC1. The molecule has 0 amide bonds. The summed E-state index contributed by atoms with van der Waals surface area (Å²) in [7, 11) is 0. The molecule has 0 aromatic carbocycles. The maximum Gasteiger partial charge on any atom is 0.0659 e. The molecule has 1 heterocycles. The molecule has 0 spiro atoms. The highest BCUT2D eigenvalue weighted by molar-refractivity contribution is 4.89. The van der Waals surface area contributed by atoms with Gasteiger partial charge in [0.05, 0.1) is 12.1 Å². The van der Waals surface area contributed by atoms with Crippen LogP contribution in [0.25, 0.3) is 0 Å². The van der Waals surface area contributed by atoms with Crippen LogP contribution in [0.3, 0.4) is 0 Å². The fraction of sp³-hybridized carbons (Fsp3) is 1.00. The van der Waals surface area contributed by atoms with Gasteiger partial charge >= 0.3 is 0 Å². The van der Waals surface area contributed by atoms with Crippen molar-refractivity contribution in [2.24, 2.45) is 11.7 Å². The molecule has 2 unspecified atom stereocenters. The molecule has 1 aliphatic rings. The van der Waals surface area contributed by atoms with Crippen LogP contribution in [0.15, 0.2) is 0 Å². The van der Waals surface area contributed by atoms with Crippen molar-refractivity contribution < 1.29 is 4.74 Å². The Morgan fingerprint density at radius 1 is 1.28 bits per heavy atom. The van der Waals surface area contributed by atoms with Gasteiger partial charge in [0.15, 0.2) is 0 Å². The Kier molecular flexibility index (Phi) is 7.20. The van der Waals surface area contributed by atoms with Crippen molar-refractivity contribution in [2.75, 3.05) is 32.8 Å². The van der Waals surface area contributed by atoms with Gasteiger partial charge in [-0.05, 0) is 52.1 Å².